The van der Waals surface area contributed by atoms with Crippen LogP contribution in [0.2, 0.25) is 0 Å². The molecule has 0 unspecified atom stereocenters. The molecule has 0 radical (unpaired) electrons. The summed E-state index contributed by atoms with van der Waals surface area (Å²) in [5.41, 5.74) is 3.23. The van der Waals surface area contributed by atoms with Crippen molar-refractivity contribution in [1.82, 2.24) is 9.29 Å². The van der Waals surface area contributed by atoms with Gasteiger partial charge in [-0.2, -0.15) is 4.31 Å². The summed E-state index contributed by atoms with van der Waals surface area (Å²) in [5, 5.41) is 10.6. The van der Waals surface area contributed by atoms with Crippen LogP contribution < -0.4 is 0 Å². The number of fused-ring (bicyclic) bond motifs is 1. The van der Waals surface area contributed by atoms with Gasteiger partial charge in [-0.3, -0.25) is 0 Å². The molecule has 1 fully saturated rings. The van der Waals surface area contributed by atoms with Crippen LogP contribution in [-0.4, -0.2) is 41.9 Å². The van der Waals surface area contributed by atoms with Crippen LogP contribution >= 0.6 is 0 Å². The number of para-hydroxylation sites is 1. The molecule has 4 rings (SSSR count). The molecule has 0 atom stereocenters. The van der Waals surface area contributed by atoms with Gasteiger partial charge < -0.3 is 10.1 Å². The van der Waals surface area contributed by atoms with Crippen LogP contribution in [0, 0.1) is 0 Å². The lowest BCUT2D eigenvalue weighted by Gasteiger charge is -2.15. The Labute approximate surface area is 170 Å². The fraction of sp³-hybridized carbons (Fsp3) is 0.318. The Balaban J connectivity index is 1.83. The molecular formula is C22H24N2O4S. The minimum atomic E-state index is -3.50. The molecule has 0 amide bonds. The molecule has 0 bridgehead atoms. The van der Waals surface area contributed by atoms with Gasteiger partial charge in [0.15, 0.2) is 0 Å². The lowest BCUT2D eigenvalue weighted by Crippen LogP contribution is -2.27. The fourth-order valence-corrected chi connectivity index (χ4v) is 5.57. The number of carbonyl (C=O) groups is 1. The van der Waals surface area contributed by atoms with Gasteiger partial charge in [-0.05, 0) is 42.0 Å². The lowest BCUT2D eigenvalue weighted by atomic mass is 9.97. The number of hydrogen-bond acceptors (Lipinski definition) is 3. The number of nitrogens with one attached hydrogen (secondary N) is 1. The van der Waals surface area contributed by atoms with E-state index in [0.717, 1.165) is 29.3 Å². The quantitative estimate of drug-likeness (QED) is 0.648. The summed E-state index contributed by atoms with van der Waals surface area (Å²) in [6.07, 6.45) is 1.76. The SMILES string of the molecule is CC(C)c1cccc2c(-c3ccc(S(=O)(=O)N4CCCC4)cc3)c(C(=O)O)[nH]c12. The molecule has 7 heteroatoms. The number of sulfonamides is 1. The summed E-state index contributed by atoms with van der Waals surface area (Å²) in [7, 11) is -3.50. The van der Waals surface area contributed by atoms with Crippen molar-refractivity contribution in [1.29, 1.82) is 0 Å². The third-order valence-corrected chi connectivity index (χ3v) is 7.46. The summed E-state index contributed by atoms with van der Waals surface area (Å²) < 4.78 is 27.0. The predicted molar refractivity (Wildman–Crippen MR) is 113 cm³/mol. The average molecular weight is 413 g/mol. The van der Waals surface area contributed by atoms with Crippen LogP contribution in [0.15, 0.2) is 47.4 Å². The van der Waals surface area contributed by atoms with E-state index in [1.165, 1.54) is 4.31 Å². The van der Waals surface area contributed by atoms with E-state index in [4.69, 9.17) is 0 Å². The molecule has 0 saturated carbocycles. The lowest BCUT2D eigenvalue weighted by molar-refractivity contribution is 0.0692. The molecular weight excluding hydrogens is 388 g/mol. The third-order valence-electron chi connectivity index (χ3n) is 5.55. The maximum absolute atomic E-state index is 12.8. The van der Waals surface area contributed by atoms with Crippen LogP contribution in [0.1, 0.15) is 48.7 Å². The molecule has 3 aromatic rings. The first-order valence-corrected chi connectivity index (χ1v) is 11.2. The Bertz CT molecular complexity index is 1170. The van der Waals surface area contributed by atoms with Crippen molar-refractivity contribution in [3.63, 3.8) is 0 Å². The van der Waals surface area contributed by atoms with Crippen molar-refractivity contribution in [3.8, 4) is 11.1 Å². The van der Waals surface area contributed by atoms with E-state index in [1.54, 1.807) is 24.3 Å². The van der Waals surface area contributed by atoms with Gasteiger partial charge in [0.1, 0.15) is 5.69 Å². The Morgan fingerprint density at radius 1 is 1.07 bits per heavy atom. The second-order valence-corrected chi connectivity index (χ2v) is 9.68. The number of H-pyrrole nitrogens is 1. The zero-order valence-corrected chi connectivity index (χ0v) is 17.3. The topological polar surface area (TPSA) is 90.5 Å². The number of aromatic nitrogens is 1. The largest absolute Gasteiger partial charge is 0.477 e. The number of aromatic carboxylic acids is 1. The van der Waals surface area contributed by atoms with Gasteiger partial charge in [-0.25, -0.2) is 13.2 Å². The van der Waals surface area contributed by atoms with E-state index in [1.807, 2.05) is 18.2 Å². The molecule has 2 aromatic carbocycles. The van der Waals surface area contributed by atoms with Crippen LogP contribution in [0.4, 0.5) is 0 Å². The Hall–Kier alpha value is -2.64. The molecule has 1 saturated heterocycles. The second-order valence-electron chi connectivity index (χ2n) is 7.74. The molecule has 6 nitrogen and oxygen atoms in total. The van der Waals surface area contributed by atoms with Crippen LogP contribution in [0.5, 0.6) is 0 Å². The van der Waals surface area contributed by atoms with Gasteiger partial charge in [0.2, 0.25) is 10.0 Å². The highest BCUT2D eigenvalue weighted by atomic mass is 32.2. The van der Waals surface area contributed by atoms with Crippen molar-refractivity contribution in [2.45, 2.75) is 37.5 Å². The Morgan fingerprint density at radius 3 is 2.31 bits per heavy atom. The highest BCUT2D eigenvalue weighted by Crippen LogP contribution is 2.36. The monoisotopic (exact) mass is 412 g/mol. The summed E-state index contributed by atoms with van der Waals surface area (Å²) in [6.45, 7) is 5.23. The molecule has 1 aromatic heterocycles. The zero-order valence-electron chi connectivity index (χ0n) is 16.5. The number of aromatic amines is 1. The molecule has 0 spiro atoms. The number of rotatable bonds is 5. The third kappa shape index (κ3) is 3.34. The molecule has 29 heavy (non-hydrogen) atoms. The number of nitrogens with zero attached hydrogens (tertiary/aromatic N) is 1. The van der Waals surface area contributed by atoms with Crippen molar-refractivity contribution in [3.05, 3.63) is 53.7 Å². The van der Waals surface area contributed by atoms with E-state index in [0.29, 0.717) is 24.2 Å². The minimum absolute atomic E-state index is 0.114. The van der Waals surface area contributed by atoms with Crippen molar-refractivity contribution in [2.24, 2.45) is 0 Å². The maximum atomic E-state index is 12.8. The first-order chi connectivity index (χ1) is 13.8. The minimum Gasteiger partial charge on any atom is -0.477 e. The number of carboxylic acids is 1. The first kappa shape index (κ1) is 19.7. The Kier molecular flexibility index (Phi) is 4.96. The van der Waals surface area contributed by atoms with Crippen LogP contribution in [0.3, 0.4) is 0 Å². The highest BCUT2D eigenvalue weighted by Gasteiger charge is 2.27. The van der Waals surface area contributed by atoms with Gasteiger partial charge in [-0.15, -0.1) is 0 Å². The van der Waals surface area contributed by atoms with Crippen molar-refractivity contribution < 1.29 is 18.3 Å². The van der Waals surface area contributed by atoms with Crippen LogP contribution in [-0.2, 0) is 10.0 Å². The zero-order chi connectivity index (χ0) is 20.8. The molecule has 2 N–H and O–H groups in total. The molecule has 1 aliphatic heterocycles. The van der Waals surface area contributed by atoms with E-state index in [-0.39, 0.29) is 16.5 Å². The Morgan fingerprint density at radius 2 is 1.72 bits per heavy atom. The second kappa shape index (κ2) is 7.31. The van der Waals surface area contributed by atoms with Gasteiger partial charge in [0.25, 0.3) is 0 Å². The number of benzene rings is 2. The smallest absolute Gasteiger partial charge is 0.352 e. The summed E-state index contributed by atoms with van der Waals surface area (Å²) >= 11 is 0. The van der Waals surface area contributed by atoms with Gasteiger partial charge in [0, 0.05) is 24.0 Å². The van der Waals surface area contributed by atoms with E-state index in [9.17, 15) is 18.3 Å². The highest BCUT2D eigenvalue weighted by molar-refractivity contribution is 7.89. The van der Waals surface area contributed by atoms with Gasteiger partial charge in [-0.1, -0.05) is 44.2 Å². The van der Waals surface area contributed by atoms with Crippen LogP contribution in [0.25, 0.3) is 22.0 Å². The molecule has 0 aliphatic carbocycles. The molecule has 152 valence electrons. The van der Waals surface area contributed by atoms with Crippen molar-refractivity contribution >= 4 is 26.9 Å². The fourth-order valence-electron chi connectivity index (χ4n) is 4.05. The molecule has 1 aliphatic rings. The predicted octanol–water partition coefficient (Wildman–Crippen LogP) is 4.44. The van der Waals surface area contributed by atoms with Gasteiger partial charge >= 0.3 is 5.97 Å². The normalized spacial score (nSPS) is 15.4. The average Bonchev–Trinajstić information content (AvgIpc) is 3.36. The molecule has 2 heterocycles. The van der Waals surface area contributed by atoms with Crippen molar-refractivity contribution in [2.75, 3.05) is 13.1 Å². The summed E-state index contributed by atoms with van der Waals surface area (Å²) in [6, 6.07) is 12.3. The van der Waals surface area contributed by atoms with E-state index < -0.39 is 16.0 Å². The summed E-state index contributed by atoms with van der Waals surface area (Å²) in [5.74, 6) is -0.806. The van der Waals surface area contributed by atoms with E-state index >= 15 is 0 Å². The van der Waals surface area contributed by atoms with E-state index in [2.05, 4.69) is 18.8 Å². The standard InChI is InChI=1S/C22H24N2O4S/c1-14(2)17-6-5-7-18-19(21(22(25)26)23-20(17)18)15-8-10-16(11-9-15)29(27,28)24-12-3-4-13-24/h5-11,14,23H,3-4,12-13H2,1-2H3,(H,25,26). The number of carboxylic acid groups (broad SMARTS) is 1. The number of hydrogen-bond donors (Lipinski definition) is 2. The van der Waals surface area contributed by atoms with Gasteiger partial charge in [0.05, 0.1) is 10.4 Å². The maximum Gasteiger partial charge on any atom is 0.352 e. The first-order valence-electron chi connectivity index (χ1n) is 9.79. The summed E-state index contributed by atoms with van der Waals surface area (Å²) in [4.78, 5) is 15.2.